The van der Waals surface area contributed by atoms with Crippen LogP contribution in [0.2, 0.25) is 0 Å². The fourth-order valence-corrected chi connectivity index (χ4v) is 3.11. The van der Waals surface area contributed by atoms with Crippen LogP contribution in [0.4, 0.5) is 4.39 Å². The highest BCUT2D eigenvalue weighted by atomic mass is 19.1. The molecule has 1 fully saturated rings. The molecule has 0 spiro atoms. The molecule has 2 rings (SSSR count). The Morgan fingerprint density at radius 3 is 2.72 bits per heavy atom. The zero-order chi connectivity index (χ0) is 12.8. The molecule has 2 unspecified atom stereocenters. The molecule has 2 heteroatoms. The molecule has 1 aromatic carbocycles. The lowest BCUT2D eigenvalue weighted by molar-refractivity contribution is 0.334. The van der Waals surface area contributed by atoms with Gasteiger partial charge in [0.15, 0.2) is 0 Å². The van der Waals surface area contributed by atoms with E-state index in [0.717, 1.165) is 18.5 Å². The fourth-order valence-electron chi connectivity index (χ4n) is 3.11. The maximum Gasteiger partial charge on any atom is 0.126 e. The Labute approximate surface area is 110 Å². The Bertz CT molecular complexity index is 364. The number of benzene rings is 1. The molecule has 0 saturated heterocycles. The van der Waals surface area contributed by atoms with Crippen molar-refractivity contribution in [3.05, 3.63) is 35.6 Å². The van der Waals surface area contributed by atoms with Crippen molar-refractivity contribution < 1.29 is 4.39 Å². The van der Waals surface area contributed by atoms with Crippen LogP contribution >= 0.6 is 0 Å². The first-order valence-corrected chi connectivity index (χ1v) is 7.28. The molecule has 1 N–H and O–H groups in total. The Morgan fingerprint density at radius 1 is 1.17 bits per heavy atom. The first-order valence-electron chi connectivity index (χ1n) is 7.28. The van der Waals surface area contributed by atoms with E-state index >= 15 is 0 Å². The average molecular weight is 249 g/mol. The number of hydrogen-bond donors (Lipinski definition) is 1. The smallest absolute Gasteiger partial charge is 0.126 e. The van der Waals surface area contributed by atoms with Gasteiger partial charge in [0, 0.05) is 6.04 Å². The third kappa shape index (κ3) is 3.55. The molecule has 0 heterocycles. The first-order chi connectivity index (χ1) is 8.81. The number of hydrogen-bond acceptors (Lipinski definition) is 1. The molecular formula is C16H24FN. The molecule has 1 nitrogen and oxygen atoms in total. The highest BCUT2D eigenvalue weighted by molar-refractivity contribution is 5.18. The van der Waals surface area contributed by atoms with Crippen molar-refractivity contribution in [2.24, 2.45) is 5.92 Å². The zero-order valence-corrected chi connectivity index (χ0v) is 11.3. The van der Waals surface area contributed by atoms with Crippen molar-refractivity contribution >= 4 is 0 Å². The van der Waals surface area contributed by atoms with E-state index in [1.165, 1.54) is 32.1 Å². The molecule has 2 atom stereocenters. The second kappa shape index (κ2) is 6.89. The largest absolute Gasteiger partial charge is 0.314 e. The van der Waals surface area contributed by atoms with Crippen molar-refractivity contribution in [3.8, 4) is 0 Å². The minimum absolute atomic E-state index is 0.0444. The lowest BCUT2D eigenvalue weighted by atomic mass is 9.88. The molecule has 0 aliphatic heterocycles. The van der Waals surface area contributed by atoms with Crippen LogP contribution in [0.3, 0.4) is 0 Å². The predicted molar refractivity (Wildman–Crippen MR) is 74.1 cm³/mol. The van der Waals surface area contributed by atoms with Crippen LogP contribution in [-0.4, -0.2) is 12.6 Å². The van der Waals surface area contributed by atoms with Crippen LogP contribution in [0.25, 0.3) is 0 Å². The highest BCUT2D eigenvalue weighted by Crippen LogP contribution is 2.27. The highest BCUT2D eigenvalue weighted by Gasteiger charge is 2.23. The van der Waals surface area contributed by atoms with Gasteiger partial charge >= 0.3 is 0 Å². The summed E-state index contributed by atoms with van der Waals surface area (Å²) in [6, 6.07) is 7.79. The van der Waals surface area contributed by atoms with Gasteiger partial charge in [0.25, 0.3) is 0 Å². The van der Waals surface area contributed by atoms with Gasteiger partial charge in [0.05, 0.1) is 0 Å². The maximum atomic E-state index is 13.7. The SMILES string of the molecule is CCNC1CCCCCC1Cc1ccccc1F. The van der Waals surface area contributed by atoms with Crippen LogP contribution in [-0.2, 0) is 6.42 Å². The Balaban J connectivity index is 2.06. The third-order valence-electron chi connectivity index (χ3n) is 4.07. The zero-order valence-electron chi connectivity index (χ0n) is 11.3. The minimum Gasteiger partial charge on any atom is -0.314 e. The Hall–Kier alpha value is -0.890. The molecular weight excluding hydrogens is 225 g/mol. The second-order valence-electron chi connectivity index (χ2n) is 5.36. The van der Waals surface area contributed by atoms with Gasteiger partial charge < -0.3 is 5.32 Å². The summed E-state index contributed by atoms with van der Waals surface area (Å²) in [4.78, 5) is 0. The summed E-state index contributed by atoms with van der Waals surface area (Å²) in [5.41, 5.74) is 0.882. The van der Waals surface area contributed by atoms with E-state index in [9.17, 15) is 4.39 Å². The maximum absolute atomic E-state index is 13.7. The van der Waals surface area contributed by atoms with Crippen molar-refractivity contribution in [1.82, 2.24) is 5.32 Å². The van der Waals surface area contributed by atoms with Gasteiger partial charge in [-0.1, -0.05) is 44.4 Å². The first kappa shape index (κ1) is 13.5. The topological polar surface area (TPSA) is 12.0 Å². The second-order valence-corrected chi connectivity index (χ2v) is 5.36. The molecule has 1 aliphatic rings. The molecule has 0 radical (unpaired) electrons. The van der Waals surface area contributed by atoms with Gasteiger partial charge in [-0.15, -0.1) is 0 Å². The molecule has 1 aliphatic carbocycles. The minimum atomic E-state index is -0.0444. The van der Waals surface area contributed by atoms with Crippen LogP contribution in [0.15, 0.2) is 24.3 Å². The lowest BCUT2D eigenvalue weighted by Crippen LogP contribution is -2.36. The van der Waals surface area contributed by atoms with Crippen LogP contribution < -0.4 is 5.32 Å². The van der Waals surface area contributed by atoms with Crippen LogP contribution in [0.1, 0.15) is 44.6 Å². The number of rotatable bonds is 4. The molecule has 0 bridgehead atoms. The van der Waals surface area contributed by atoms with E-state index < -0.39 is 0 Å². The van der Waals surface area contributed by atoms with E-state index in [1.807, 2.05) is 12.1 Å². The standard InChI is InChI=1S/C16H24FN/c1-2-18-16-11-5-3-4-9-14(16)12-13-8-6-7-10-15(13)17/h6-8,10,14,16,18H,2-5,9,11-12H2,1H3. The van der Waals surface area contributed by atoms with Gasteiger partial charge in [0.2, 0.25) is 0 Å². The summed E-state index contributed by atoms with van der Waals surface area (Å²) >= 11 is 0. The summed E-state index contributed by atoms with van der Waals surface area (Å²) in [5.74, 6) is 0.543. The van der Waals surface area contributed by atoms with E-state index in [4.69, 9.17) is 0 Å². The Morgan fingerprint density at radius 2 is 1.94 bits per heavy atom. The van der Waals surface area contributed by atoms with Crippen molar-refractivity contribution in [1.29, 1.82) is 0 Å². The molecule has 0 amide bonds. The summed E-state index contributed by atoms with van der Waals surface area (Å²) in [5, 5.41) is 3.59. The van der Waals surface area contributed by atoms with Gasteiger partial charge in [-0.3, -0.25) is 0 Å². The van der Waals surface area contributed by atoms with Gasteiger partial charge in [0.1, 0.15) is 5.82 Å². The predicted octanol–water partition coefficient (Wildman–Crippen LogP) is 3.93. The Kier molecular flexibility index (Phi) is 5.18. The normalized spacial score (nSPS) is 24.8. The van der Waals surface area contributed by atoms with Gasteiger partial charge in [-0.25, -0.2) is 4.39 Å². The molecule has 100 valence electrons. The summed E-state index contributed by atoms with van der Waals surface area (Å²) in [7, 11) is 0. The van der Waals surface area contributed by atoms with Gasteiger partial charge in [-0.05, 0) is 43.4 Å². The van der Waals surface area contributed by atoms with E-state index in [-0.39, 0.29) is 5.82 Å². The van der Waals surface area contributed by atoms with Crippen molar-refractivity contribution in [2.45, 2.75) is 51.5 Å². The number of halogens is 1. The molecule has 1 saturated carbocycles. The van der Waals surface area contributed by atoms with Crippen LogP contribution in [0, 0.1) is 11.7 Å². The average Bonchev–Trinajstić information content (AvgIpc) is 2.59. The lowest BCUT2D eigenvalue weighted by Gasteiger charge is -2.26. The van der Waals surface area contributed by atoms with Crippen molar-refractivity contribution in [2.75, 3.05) is 6.54 Å². The summed E-state index contributed by atoms with van der Waals surface area (Å²) in [6.45, 7) is 3.17. The number of nitrogens with one attached hydrogen (secondary N) is 1. The van der Waals surface area contributed by atoms with E-state index in [0.29, 0.717) is 12.0 Å². The van der Waals surface area contributed by atoms with Gasteiger partial charge in [-0.2, -0.15) is 0 Å². The van der Waals surface area contributed by atoms with E-state index in [2.05, 4.69) is 12.2 Å². The third-order valence-corrected chi connectivity index (χ3v) is 4.07. The summed E-state index contributed by atoms with van der Waals surface area (Å²) in [6.07, 6.45) is 7.28. The molecule has 1 aromatic rings. The van der Waals surface area contributed by atoms with E-state index in [1.54, 1.807) is 12.1 Å². The summed E-state index contributed by atoms with van der Waals surface area (Å²) < 4.78 is 13.7. The molecule has 18 heavy (non-hydrogen) atoms. The fraction of sp³-hybridized carbons (Fsp3) is 0.625. The molecule has 0 aromatic heterocycles. The van der Waals surface area contributed by atoms with Crippen LogP contribution in [0.5, 0.6) is 0 Å². The monoisotopic (exact) mass is 249 g/mol. The quantitative estimate of drug-likeness (QED) is 0.797. The van der Waals surface area contributed by atoms with Crippen molar-refractivity contribution in [3.63, 3.8) is 0 Å².